The van der Waals surface area contributed by atoms with Gasteiger partial charge in [0.25, 0.3) is 5.91 Å². The molecule has 2 saturated heterocycles. The van der Waals surface area contributed by atoms with Crippen molar-refractivity contribution in [2.45, 2.75) is 59.0 Å². The minimum atomic E-state index is -0.200. The summed E-state index contributed by atoms with van der Waals surface area (Å²) in [6.07, 6.45) is 5.34. The zero-order chi connectivity index (χ0) is 18.1. The van der Waals surface area contributed by atoms with Crippen molar-refractivity contribution in [2.24, 2.45) is 10.9 Å². The number of amides is 1. The first-order valence-corrected chi connectivity index (χ1v) is 10.1. The third-order valence-corrected chi connectivity index (χ3v) is 4.88. The van der Waals surface area contributed by atoms with Crippen LogP contribution in [-0.4, -0.2) is 73.6 Å². The second-order valence-electron chi connectivity index (χ2n) is 7.44. The van der Waals surface area contributed by atoms with E-state index in [1.807, 2.05) is 4.90 Å². The van der Waals surface area contributed by atoms with Crippen molar-refractivity contribution in [2.75, 3.05) is 45.9 Å². The van der Waals surface area contributed by atoms with Crippen molar-refractivity contribution >= 4 is 35.8 Å². The fourth-order valence-corrected chi connectivity index (χ4v) is 3.39. The monoisotopic (exact) mass is 480 g/mol. The molecule has 0 aromatic heterocycles. The summed E-state index contributed by atoms with van der Waals surface area (Å²) in [6.45, 7) is 12.3. The fraction of sp³-hybridized carbons (Fsp3) is 0.895. The predicted octanol–water partition coefficient (Wildman–Crippen LogP) is 2.72. The molecule has 1 unspecified atom stereocenters. The molecule has 0 aliphatic carbocycles. The van der Waals surface area contributed by atoms with Crippen molar-refractivity contribution in [3.05, 3.63) is 0 Å². The Balaban J connectivity index is 0.00000338. The molecule has 0 spiro atoms. The van der Waals surface area contributed by atoms with Gasteiger partial charge in [0.15, 0.2) is 5.96 Å². The van der Waals surface area contributed by atoms with Gasteiger partial charge >= 0.3 is 0 Å². The lowest BCUT2D eigenvalue weighted by molar-refractivity contribution is -0.142. The Morgan fingerprint density at radius 2 is 1.88 bits per heavy atom. The van der Waals surface area contributed by atoms with E-state index < -0.39 is 0 Å². The third-order valence-electron chi connectivity index (χ3n) is 4.88. The van der Waals surface area contributed by atoms with Gasteiger partial charge in [-0.05, 0) is 32.1 Å². The number of unbranched alkanes of at least 4 members (excludes halogenated alkanes) is 1. The first-order valence-electron chi connectivity index (χ1n) is 10.1. The number of ether oxygens (including phenoxy) is 1. The summed E-state index contributed by atoms with van der Waals surface area (Å²) in [7, 11) is 0. The van der Waals surface area contributed by atoms with E-state index in [9.17, 15) is 4.79 Å². The Bertz CT molecular complexity index is 431. The zero-order valence-corrected chi connectivity index (χ0v) is 19.0. The SMILES string of the molecule is CCNC(=NCCCCC(C)C)N1CCN(C(=O)C2CCCO2)CC1.I. The molecule has 1 atom stereocenters. The number of carbonyl (C=O) groups excluding carboxylic acids is 1. The molecule has 1 amide bonds. The van der Waals surface area contributed by atoms with Gasteiger partial charge in [-0.3, -0.25) is 9.79 Å². The van der Waals surface area contributed by atoms with Crippen LogP contribution in [0.5, 0.6) is 0 Å². The number of nitrogens with zero attached hydrogens (tertiary/aromatic N) is 3. The second kappa shape index (κ2) is 12.8. The molecular formula is C19H37IN4O2. The summed E-state index contributed by atoms with van der Waals surface area (Å²) >= 11 is 0. The maximum atomic E-state index is 12.4. The van der Waals surface area contributed by atoms with Gasteiger partial charge in [0.2, 0.25) is 0 Å². The molecule has 0 bridgehead atoms. The van der Waals surface area contributed by atoms with Gasteiger partial charge in [-0.15, -0.1) is 24.0 Å². The van der Waals surface area contributed by atoms with Crippen LogP contribution in [-0.2, 0) is 9.53 Å². The maximum absolute atomic E-state index is 12.4. The van der Waals surface area contributed by atoms with Gasteiger partial charge in [0.1, 0.15) is 6.10 Å². The molecule has 2 aliphatic rings. The predicted molar refractivity (Wildman–Crippen MR) is 117 cm³/mol. The Hall–Kier alpha value is -0.570. The van der Waals surface area contributed by atoms with Crippen LogP contribution in [0.1, 0.15) is 52.9 Å². The zero-order valence-electron chi connectivity index (χ0n) is 16.7. The molecule has 2 aliphatic heterocycles. The lowest BCUT2D eigenvalue weighted by Crippen LogP contribution is -2.55. The molecular weight excluding hydrogens is 443 g/mol. The third kappa shape index (κ3) is 7.58. The molecule has 7 heteroatoms. The minimum absolute atomic E-state index is 0. The molecule has 26 heavy (non-hydrogen) atoms. The van der Waals surface area contributed by atoms with E-state index >= 15 is 0 Å². The molecule has 2 fully saturated rings. The standard InChI is InChI=1S/C19H36N4O2.HI/c1-4-20-19(21-10-6-5-8-16(2)3)23-13-11-22(12-14-23)18(24)17-9-7-15-25-17;/h16-17H,4-15H2,1-3H3,(H,20,21);1H. The van der Waals surface area contributed by atoms with Crippen molar-refractivity contribution < 1.29 is 9.53 Å². The van der Waals surface area contributed by atoms with E-state index in [1.54, 1.807) is 0 Å². The summed E-state index contributed by atoms with van der Waals surface area (Å²) in [4.78, 5) is 21.5. The van der Waals surface area contributed by atoms with Crippen molar-refractivity contribution in [1.82, 2.24) is 15.1 Å². The van der Waals surface area contributed by atoms with Gasteiger partial charge in [-0.25, -0.2) is 0 Å². The number of hydrogen-bond donors (Lipinski definition) is 1. The van der Waals surface area contributed by atoms with E-state index in [1.165, 1.54) is 12.8 Å². The summed E-state index contributed by atoms with van der Waals surface area (Å²) in [5.41, 5.74) is 0. The van der Waals surface area contributed by atoms with Crippen LogP contribution < -0.4 is 5.32 Å². The molecule has 0 aromatic rings. The highest BCUT2D eigenvalue weighted by Gasteiger charge is 2.30. The maximum Gasteiger partial charge on any atom is 0.251 e. The summed E-state index contributed by atoms with van der Waals surface area (Å²) in [6, 6.07) is 0. The minimum Gasteiger partial charge on any atom is -0.368 e. The van der Waals surface area contributed by atoms with Crippen molar-refractivity contribution in [3.63, 3.8) is 0 Å². The summed E-state index contributed by atoms with van der Waals surface area (Å²) in [5.74, 6) is 1.94. The highest BCUT2D eigenvalue weighted by molar-refractivity contribution is 14.0. The lowest BCUT2D eigenvalue weighted by Gasteiger charge is -2.37. The molecule has 152 valence electrons. The number of carbonyl (C=O) groups is 1. The average molecular weight is 480 g/mol. The van der Waals surface area contributed by atoms with Crippen LogP contribution in [0.4, 0.5) is 0 Å². The van der Waals surface area contributed by atoms with Crippen LogP contribution in [0, 0.1) is 5.92 Å². The van der Waals surface area contributed by atoms with Gasteiger partial charge in [0.05, 0.1) is 0 Å². The van der Waals surface area contributed by atoms with E-state index in [-0.39, 0.29) is 36.0 Å². The average Bonchev–Trinajstić information content (AvgIpc) is 3.14. The van der Waals surface area contributed by atoms with E-state index in [0.717, 1.165) is 77.0 Å². The Morgan fingerprint density at radius 3 is 2.46 bits per heavy atom. The van der Waals surface area contributed by atoms with Crippen LogP contribution in [0.25, 0.3) is 0 Å². The number of rotatable bonds is 7. The Kier molecular flexibility index (Phi) is 11.5. The van der Waals surface area contributed by atoms with E-state index in [0.29, 0.717) is 0 Å². The number of aliphatic imine (C=N–C) groups is 1. The summed E-state index contributed by atoms with van der Waals surface area (Å²) in [5, 5.41) is 3.40. The van der Waals surface area contributed by atoms with Crippen molar-refractivity contribution in [1.29, 1.82) is 0 Å². The first-order chi connectivity index (χ1) is 12.1. The number of nitrogens with one attached hydrogen (secondary N) is 1. The fourth-order valence-electron chi connectivity index (χ4n) is 3.39. The van der Waals surface area contributed by atoms with Gasteiger partial charge in [0, 0.05) is 45.9 Å². The lowest BCUT2D eigenvalue weighted by atomic mass is 10.1. The van der Waals surface area contributed by atoms with Gasteiger partial charge < -0.3 is 19.9 Å². The van der Waals surface area contributed by atoms with Crippen molar-refractivity contribution in [3.8, 4) is 0 Å². The molecule has 1 N–H and O–H groups in total. The molecule has 0 saturated carbocycles. The number of piperazine rings is 1. The van der Waals surface area contributed by atoms with Crippen LogP contribution in [0.3, 0.4) is 0 Å². The van der Waals surface area contributed by atoms with Crippen LogP contribution >= 0.6 is 24.0 Å². The first kappa shape index (κ1) is 23.5. The molecule has 0 aromatic carbocycles. The second-order valence-corrected chi connectivity index (χ2v) is 7.44. The van der Waals surface area contributed by atoms with Gasteiger partial charge in [-0.2, -0.15) is 0 Å². The normalized spacial score (nSPS) is 21.1. The molecule has 2 rings (SSSR count). The highest BCUT2D eigenvalue weighted by atomic mass is 127. The number of guanidine groups is 1. The largest absolute Gasteiger partial charge is 0.368 e. The number of halogens is 1. The van der Waals surface area contributed by atoms with Crippen LogP contribution in [0.15, 0.2) is 4.99 Å². The molecule has 6 nitrogen and oxygen atoms in total. The van der Waals surface area contributed by atoms with E-state index in [4.69, 9.17) is 9.73 Å². The van der Waals surface area contributed by atoms with E-state index in [2.05, 4.69) is 31.0 Å². The Morgan fingerprint density at radius 1 is 1.19 bits per heavy atom. The van der Waals surface area contributed by atoms with Gasteiger partial charge in [-0.1, -0.05) is 26.7 Å². The van der Waals surface area contributed by atoms with Crippen LogP contribution in [0.2, 0.25) is 0 Å². The number of hydrogen-bond acceptors (Lipinski definition) is 3. The quantitative estimate of drug-likeness (QED) is 0.264. The molecule has 0 radical (unpaired) electrons. The summed E-state index contributed by atoms with van der Waals surface area (Å²) < 4.78 is 5.53. The smallest absolute Gasteiger partial charge is 0.251 e. The Labute approximate surface area is 176 Å². The topological polar surface area (TPSA) is 57.2 Å². The molecule has 2 heterocycles. The highest BCUT2D eigenvalue weighted by Crippen LogP contribution is 2.16.